The fourth-order valence-electron chi connectivity index (χ4n) is 6.60. The zero-order valence-corrected chi connectivity index (χ0v) is 18.8. The minimum absolute atomic E-state index is 0.913. The van der Waals surface area contributed by atoms with E-state index in [1.165, 1.54) is 60.7 Å². The Kier molecular flexibility index (Phi) is 3.11. The SMILES string of the molecule is c1ccc2c(c1)Cc1ccc3c(c1-2)-c1ccc2c(c1C3)c1cnccc1n1c3ccncc3nc21. The van der Waals surface area contributed by atoms with Gasteiger partial charge in [-0.3, -0.25) is 14.4 Å². The van der Waals surface area contributed by atoms with Gasteiger partial charge < -0.3 is 0 Å². The van der Waals surface area contributed by atoms with E-state index in [-0.39, 0.29) is 0 Å². The Morgan fingerprint density at radius 2 is 1.43 bits per heavy atom. The third-order valence-corrected chi connectivity index (χ3v) is 8.00. The van der Waals surface area contributed by atoms with Crippen molar-refractivity contribution in [3.63, 3.8) is 0 Å². The summed E-state index contributed by atoms with van der Waals surface area (Å²) < 4.78 is 2.26. The maximum atomic E-state index is 5.04. The van der Waals surface area contributed by atoms with Crippen molar-refractivity contribution in [3.8, 4) is 22.3 Å². The summed E-state index contributed by atoms with van der Waals surface area (Å²) in [5.74, 6) is 0. The fourth-order valence-corrected chi connectivity index (χ4v) is 6.60. The number of hydrogen-bond donors (Lipinski definition) is 0. The summed E-state index contributed by atoms with van der Waals surface area (Å²) in [6.45, 7) is 0. The van der Waals surface area contributed by atoms with E-state index in [4.69, 9.17) is 4.98 Å². The first kappa shape index (κ1) is 17.8. The van der Waals surface area contributed by atoms with Crippen LogP contribution in [0.1, 0.15) is 22.3 Å². The molecular formula is C31H18N4. The van der Waals surface area contributed by atoms with Crippen molar-refractivity contribution < 1.29 is 0 Å². The van der Waals surface area contributed by atoms with Crippen molar-refractivity contribution in [2.24, 2.45) is 0 Å². The largest absolute Gasteiger partial charge is 0.291 e. The number of rotatable bonds is 0. The zero-order chi connectivity index (χ0) is 22.7. The molecule has 3 aromatic carbocycles. The number of fused-ring (bicyclic) bond motifs is 16. The monoisotopic (exact) mass is 446 g/mol. The summed E-state index contributed by atoms with van der Waals surface area (Å²) in [6, 6.07) is 22.3. The third kappa shape index (κ3) is 2.11. The standard InChI is InChI=1S/C31H18N4/c1-2-4-20-17(3-1)13-18-5-6-19-14-23-21(29(19)28(18)20)7-8-22-30(23)24-15-32-11-9-26(24)35-27-10-12-33-16-25(27)34-31(22)35/h1-12,15-16H,13-14H2. The first-order valence-corrected chi connectivity index (χ1v) is 12.0. The summed E-state index contributed by atoms with van der Waals surface area (Å²) in [5, 5.41) is 3.62. The van der Waals surface area contributed by atoms with Crippen LogP contribution in [0.4, 0.5) is 0 Å². The Morgan fingerprint density at radius 1 is 0.629 bits per heavy atom. The Hall–Kier alpha value is -4.57. The number of imidazole rings is 1. The molecule has 0 fully saturated rings. The van der Waals surface area contributed by atoms with Crippen molar-refractivity contribution in [2.45, 2.75) is 12.8 Å². The minimum atomic E-state index is 0.913. The smallest absolute Gasteiger partial charge is 0.146 e. The molecule has 0 unspecified atom stereocenters. The maximum absolute atomic E-state index is 5.04. The van der Waals surface area contributed by atoms with Crippen molar-refractivity contribution in [1.29, 1.82) is 0 Å². The Morgan fingerprint density at radius 3 is 2.37 bits per heavy atom. The molecule has 4 heteroatoms. The number of nitrogens with zero attached hydrogens (tertiary/aromatic N) is 4. The normalized spacial score (nSPS) is 13.5. The predicted molar refractivity (Wildman–Crippen MR) is 140 cm³/mol. The van der Waals surface area contributed by atoms with Crippen LogP contribution in [-0.4, -0.2) is 19.4 Å². The molecule has 0 saturated heterocycles. The van der Waals surface area contributed by atoms with E-state index in [9.17, 15) is 0 Å². The second-order valence-corrected chi connectivity index (χ2v) is 9.69. The average molecular weight is 447 g/mol. The van der Waals surface area contributed by atoms with Crippen LogP contribution in [0.5, 0.6) is 0 Å². The van der Waals surface area contributed by atoms with Gasteiger partial charge in [-0.1, -0.05) is 42.5 Å². The first-order valence-electron chi connectivity index (χ1n) is 12.0. The van der Waals surface area contributed by atoms with Gasteiger partial charge in [0, 0.05) is 34.7 Å². The fraction of sp³-hybridized carbons (Fsp3) is 0.0645. The molecule has 0 radical (unpaired) electrons. The molecule has 9 rings (SSSR count). The molecule has 4 nitrogen and oxygen atoms in total. The van der Waals surface area contributed by atoms with Crippen LogP contribution in [0.2, 0.25) is 0 Å². The Balaban J connectivity index is 1.45. The van der Waals surface area contributed by atoms with Gasteiger partial charge >= 0.3 is 0 Å². The lowest BCUT2D eigenvalue weighted by atomic mass is 9.92. The van der Waals surface area contributed by atoms with Crippen LogP contribution in [0.15, 0.2) is 85.5 Å². The van der Waals surface area contributed by atoms with E-state index in [0.717, 1.165) is 35.0 Å². The lowest BCUT2D eigenvalue weighted by Gasteiger charge is -2.13. The quantitative estimate of drug-likeness (QED) is 0.243. The highest BCUT2D eigenvalue weighted by Crippen LogP contribution is 2.51. The van der Waals surface area contributed by atoms with Gasteiger partial charge in [-0.15, -0.1) is 0 Å². The lowest BCUT2D eigenvalue weighted by molar-refractivity contribution is 1.24. The molecule has 7 aromatic rings. The van der Waals surface area contributed by atoms with Crippen LogP contribution in [0, 0.1) is 0 Å². The van der Waals surface area contributed by atoms with E-state index in [0.29, 0.717) is 0 Å². The number of pyridine rings is 3. The highest BCUT2D eigenvalue weighted by molar-refractivity contribution is 6.17. The summed E-state index contributed by atoms with van der Waals surface area (Å²) in [4.78, 5) is 13.9. The van der Waals surface area contributed by atoms with Gasteiger partial charge in [-0.05, 0) is 75.5 Å². The van der Waals surface area contributed by atoms with Crippen molar-refractivity contribution in [3.05, 3.63) is 108 Å². The van der Waals surface area contributed by atoms with Crippen LogP contribution < -0.4 is 0 Å². The summed E-state index contributed by atoms with van der Waals surface area (Å²) >= 11 is 0. The van der Waals surface area contributed by atoms with Gasteiger partial charge in [0.2, 0.25) is 0 Å². The summed E-state index contributed by atoms with van der Waals surface area (Å²) in [5.41, 5.74) is 15.4. The van der Waals surface area contributed by atoms with Gasteiger partial charge in [0.25, 0.3) is 0 Å². The Bertz CT molecular complexity index is 2070. The zero-order valence-electron chi connectivity index (χ0n) is 18.8. The van der Waals surface area contributed by atoms with Crippen LogP contribution in [-0.2, 0) is 12.8 Å². The molecule has 35 heavy (non-hydrogen) atoms. The summed E-state index contributed by atoms with van der Waals surface area (Å²) in [7, 11) is 0. The number of hydrogen-bond acceptors (Lipinski definition) is 3. The molecule has 0 aliphatic heterocycles. The van der Waals surface area contributed by atoms with Crippen LogP contribution in [0.3, 0.4) is 0 Å². The number of aromatic nitrogens is 4. The van der Waals surface area contributed by atoms with Crippen molar-refractivity contribution in [2.75, 3.05) is 0 Å². The minimum Gasteiger partial charge on any atom is -0.291 e. The molecule has 0 saturated carbocycles. The molecule has 4 aromatic heterocycles. The maximum Gasteiger partial charge on any atom is 0.146 e. The average Bonchev–Trinajstić information content (AvgIpc) is 3.59. The molecular weight excluding hydrogens is 428 g/mol. The van der Waals surface area contributed by atoms with Gasteiger partial charge in [-0.2, -0.15) is 0 Å². The highest BCUT2D eigenvalue weighted by atomic mass is 15.0. The van der Waals surface area contributed by atoms with Gasteiger partial charge in [-0.25, -0.2) is 4.98 Å². The highest BCUT2D eigenvalue weighted by Gasteiger charge is 2.30. The van der Waals surface area contributed by atoms with E-state index in [1.807, 2.05) is 30.9 Å². The summed E-state index contributed by atoms with van der Waals surface area (Å²) in [6.07, 6.45) is 9.54. The topological polar surface area (TPSA) is 43.1 Å². The number of benzene rings is 3. The molecule has 0 spiro atoms. The van der Waals surface area contributed by atoms with Crippen molar-refractivity contribution in [1.82, 2.24) is 19.4 Å². The van der Waals surface area contributed by atoms with Gasteiger partial charge in [0.15, 0.2) is 0 Å². The second kappa shape index (κ2) is 6.10. The van der Waals surface area contributed by atoms with E-state index < -0.39 is 0 Å². The van der Waals surface area contributed by atoms with E-state index >= 15 is 0 Å². The molecule has 0 atom stereocenters. The predicted octanol–water partition coefficient (Wildman–Crippen LogP) is 6.73. The second-order valence-electron chi connectivity index (χ2n) is 9.69. The molecule has 2 aliphatic rings. The van der Waals surface area contributed by atoms with Gasteiger partial charge in [0.05, 0.1) is 17.2 Å². The van der Waals surface area contributed by atoms with Gasteiger partial charge in [0.1, 0.15) is 11.2 Å². The van der Waals surface area contributed by atoms with E-state index in [1.54, 1.807) is 0 Å². The van der Waals surface area contributed by atoms with Crippen LogP contribution >= 0.6 is 0 Å². The third-order valence-electron chi connectivity index (χ3n) is 8.00. The molecule has 0 amide bonds. The molecule has 162 valence electrons. The van der Waals surface area contributed by atoms with Crippen LogP contribution in [0.25, 0.3) is 60.6 Å². The van der Waals surface area contributed by atoms with Crippen molar-refractivity contribution >= 4 is 38.4 Å². The Labute approximate surface area is 200 Å². The molecule has 0 N–H and O–H groups in total. The molecule has 2 aliphatic carbocycles. The first-order chi connectivity index (χ1) is 17.4. The lowest BCUT2D eigenvalue weighted by Crippen LogP contribution is -1.95. The van der Waals surface area contributed by atoms with E-state index in [2.05, 4.69) is 69.0 Å². The molecule has 0 bridgehead atoms. The molecule has 4 heterocycles.